The Kier molecular flexibility index (Phi) is 7.89. The van der Waals surface area contributed by atoms with Crippen molar-refractivity contribution in [1.82, 2.24) is 15.3 Å². The lowest BCUT2D eigenvalue weighted by Gasteiger charge is -2.29. The first-order valence-corrected chi connectivity index (χ1v) is 12.1. The Morgan fingerprint density at radius 2 is 1.79 bits per heavy atom. The Balaban J connectivity index is 1.47. The maximum Gasteiger partial charge on any atom is 0.269 e. The second-order valence-corrected chi connectivity index (χ2v) is 9.46. The third-order valence-corrected chi connectivity index (χ3v) is 6.95. The van der Waals surface area contributed by atoms with E-state index in [1.165, 1.54) is 12.1 Å². The molecule has 5 N–H and O–H groups in total. The Labute approximate surface area is 197 Å². The Morgan fingerprint density at radius 1 is 1.12 bits per heavy atom. The normalized spacial score (nSPS) is 22.3. The molecule has 1 unspecified atom stereocenters. The molecule has 1 aromatic heterocycles. The summed E-state index contributed by atoms with van der Waals surface area (Å²) in [6.07, 6.45) is 3.93. The molecule has 2 aromatic rings. The number of nitrogens with two attached hydrogens (primary N) is 1. The number of anilines is 1. The van der Waals surface area contributed by atoms with E-state index in [1.54, 1.807) is 12.1 Å². The number of alkyl halides is 1. The third kappa shape index (κ3) is 5.98. The molecule has 1 aliphatic heterocycles. The molecular formula is C24H33FN6O3. The molecule has 1 saturated heterocycles. The number of benzene rings is 1. The molecule has 4 rings (SSSR count). The third-order valence-electron chi connectivity index (χ3n) is 6.95. The summed E-state index contributed by atoms with van der Waals surface area (Å²) in [7, 11) is 0. The number of hydrogen-bond acceptors (Lipinski definition) is 7. The van der Waals surface area contributed by atoms with Crippen molar-refractivity contribution in [3.63, 3.8) is 0 Å². The minimum absolute atomic E-state index is 0.0442. The van der Waals surface area contributed by atoms with Gasteiger partial charge in [-0.25, -0.2) is 9.37 Å². The van der Waals surface area contributed by atoms with E-state index in [1.807, 2.05) is 0 Å². The van der Waals surface area contributed by atoms with Crippen LogP contribution >= 0.6 is 0 Å². The highest BCUT2D eigenvalue weighted by atomic mass is 19.1. The van der Waals surface area contributed by atoms with Crippen LogP contribution in [-0.2, 0) is 6.42 Å². The van der Waals surface area contributed by atoms with Gasteiger partial charge in [0.05, 0.1) is 10.6 Å². The van der Waals surface area contributed by atoms with Crippen LogP contribution < -0.4 is 21.9 Å². The molecule has 0 radical (unpaired) electrons. The van der Waals surface area contributed by atoms with Gasteiger partial charge in [-0.2, -0.15) is 0 Å². The molecule has 9 nitrogen and oxygen atoms in total. The molecule has 1 saturated carbocycles. The van der Waals surface area contributed by atoms with Crippen LogP contribution in [0.1, 0.15) is 67.2 Å². The largest absolute Gasteiger partial charge is 0.354 e. The summed E-state index contributed by atoms with van der Waals surface area (Å²) in [4.78, 5) is 31.3. The fraction of sp³-hybridized carbons (Fsp3) is 0.583. The van der Waals surface area contributed by atoms with E-state index in [-0.39, 0.29) is 29.1 Å². The average molecular weight is 473 g/mol. The molecule has 0 spiro atoms. The number of rotatable bonds is 8. The van der Waals surface area contributed by atoms with Crippen molar-refractivity contribution >= 4 is 11.6 Å². The van der Waals surface area contributed by atoms with Gasteiger partial charge in [0.25, 0.3) is 11.2 Å². The monoisotopic (exact) mass is 472 g/mol. The predicted molar refractivity (Wildman–Crippen MR) is 129 cm³/mol. The second kappa shape index (κ2) is 11.1. The fourth-order valence-electron chi connectivity index (χ4n) is 5.08. The number of halogens is 1. The zero-order chi connectivity index (χ0) is 24.1. The van der Waals surface area contributed by atoms with Crippen molar-refractivity contribution in [3.8, 4) is 0 Å². The van der Waals surface area contributed by atoms with E-state index < -0.39 is 11.1 Å². The second-order valence-electron chi connectivity index (χ2n) is 9.46. The quantitative estimate of drug-likeness (QED) is 0.342. The van der Waals surface area contributed by atoms with E-state index in [0.29, 0.717) is 44.6 Å². The fourth-order valence-corrected chi connectivity index (χ4v) is 5.08. The lowest BCUT2D eigenvalue weighted by atomic mass is 9.80. The Morgan fingerprint density at radius 3 is 2.44 bits per heavy atom. The van der Waals surface area contributed by atoms with Crippen molar-refractivity contribution in [2.24, 2.45) is 5.73 Å². The van der Waals surface area contributed by atoms with Crippen LogP contribution in [0.5, 0.6) is 0 Å². The maximum atomic E-state index is 13.7. The number of nitrogens with zero attached hydrogens (tertiary/aromatic N) is 2. The number of aromatic amines is 1. The minimum atomic E-state index is -0.774. The number of nitro benzene ring substituents is 1. The summed E-state index contributed by atoms with van der Waals surface area (Å²) in [5, 5.41) is 17.4. The number of H-pyrrole nitrogens is 1. The molecule has 1 aliphatic carbocycles. The average Bonchev–Trinajstić information content (AvgIpc) is 2.84. The van der Waals surface area contributed by atoms with Crippen molar-refractivity contribution in [3.05, 3.63) is 61.6 Å². The zero-order valence-electron chi connectivity index (χ0n) is 19.3. The highest BCUT2D eigenvalue weighted by Gasteiger charge is 2.30. The summed E-state index contributed by atoms with van der Waals surface area (Å²) in [6, 6.07) is 6.07. The molecule has 2 aliphatic rings. The number of non-ortho nitro benzene ring substituents is 1. The molecule has 2 heterocycles. The van der Waals surface area contributed by atoms with Gasteiger partial charge in [-0.05, 0) is 69.5 Å². The lowest BCUT2D eigenvalue weighted by Crippen LogP contribution is -2.34. The van der Waals surface area contributed by atoms with Crippen LogP contribution in [0.3, 0.4) is 0 Å². The van der Waals surface area contributed by atoms with E-state index >= 15 is 0 Å². The first-order valence-electron chi connectivity index (χ1n) is 12.1. The van der Waals surface area contributed by atoms with E-state index in [9.17, 15) is 19.3 Å². The van der Waals surface area contributed by atoms with Gasteiger partial charge in [-0.15, -0.1) is 0 Å². The highest BCUT2D eigenvalue weighted by molar-refractivity contribution is 5.36. The van der Waals surface area contributed by atoms with Gasteiger partial charge >= 0.3 is 0 Å². The van der Waals surface area contributed by atoms with Crippen LogP contribution in [0, 0.1) is 10.1 Å². The smallest absolute Gasteiger partial charge is 0.269 e. The Hall–Kier alpha value is -2.85. The first kappa shape index (κ1) is 24.3. The van der Waals surface area contributed by atoms with Crippen molar-refractivity contribution in [2.45, 2.75) is 69.0 Å². The van der Waals surface area contributed by atoms with Crippen LogP contribution in [0.25, 0.3) is 0 Å². The van der Waals surface area contributed by atoms with Gasteiger partial charge in [0.2, 0.25) is 5.95 Å². The van der Waals surface area contributed by atoms with Crippen molar-refractivity contribution < 1.29 is 9.31 Å². The summed E-state index contributed by atoms with van der Waals surface area (Å²) in [5.41, 5.74) is 8.65. The predicted octanol–water partition coefficient (Wildman–Crippen LogP) is 3.12. The number of piperidine rings is 1. The van der Waals surface area contributed by atoms with Gasteiger partial charge in [0.1, 0.15) is 6.17 Å². The van der Waals surface area contributed by atoms with E-state index in [4.69, 9.17) is 10.7 Å². The zero-order valence-corrected chi connectivity index (χ0v) is 19.3. The highest BCUT2D eigenvalue weighted by Crippen LogP contribution is 2.37. The molecule has 34 heavy (non-hydrogen) atoms. The SMILES string of the molecule is NC(CNc1nc(C2CCNCC2)c(C2CCC(F)CC2)c(=O)[nH]1)Cc1ccc([N+](=O)[O-])cc1. The van der Waals surface area contributed by atoms with E-state index in [0.717, 1.165) is 42.8 Å². The van der Waals surface area contributed by atoms with Gasteiger partial charge in [0, 0.05) is 36.2 Å². The summed E-state index contributed by atoms with van der Waals surface area (Å²) in [6.45, 7) is 2.16. The van der Waals surface area contributed by atoms with Crippen LogP contribution in [0.2, 0.25) is 0 Å². The number of nitrogens with one attached hydrogen (secondary N) is 3. The molecule has 0 bridgehead atoms. The van der Waals surface area contributed by atoms with Crippen molar-refractivity contribution in [2.75, 3.05) is 25.0 Å². The number of aromatic nitrogens is 2. The standard InChI is InChI=1S/C24H33FN6O3/c25-18-5-3-16(4-6-18)21-22(17-9-11-27-12-10-17)29-24(30-23(21)32)28-14-19(26)13-15-1-7-20(8-2-15)31(33)34/h1-2,7-8,16-19,27H,3-6,9-14,26H2,(H2,28,29,30,32). The van der Waals surface area contributed by atoms with Crippen molar-refractivity contribution in [1.29, 1.82) is 0 Å². The number of nitro groups is 1. The molecule has 2 fully saturated rings. The molecule has 184 valence electrons. The maximum absolute atomic E-state index is 13.7. The topological polar surface area (TPSA) is 139 Å². The summed E-state index contributed by atoms with van der Waals surface area (Å²) >= 11 is 0. The van der Waals surface area contributed by atoms with E-state index in [2.05, 4.69) is 15.6 Å². The molecular weight excluding hydrogens is 439 g/mol. The lowest BCUT2D eigenvalue weighted by molar-refractivity contribution is -0.384. The summed E-state index contributed by atoms with van der Waals surface area (Å²) < 4.78 is 13.7. The van der Waals surface area contributed by atoms with Gasteiger partial charge < -0.3 is 16.4 Å². The van der Waals surface area contributed by atoms with Crippen LogP contribution in [0.4, 0.5) is 16.0 Å². The van der Waals surface area contributed by atoms with Crippen LogP contribution in [-0.4, -0.2) is 46.7 Å². The van der Waals surface area contributed by atoms with Crippen LogP contribution in [0.15, 0.2) is 29.1 Å². The molecule has 10 heteroatoms. The first-order chi connectivity index (χ1) is 16.4. The molecule has 1 atom stereocenters. The van der Waals surface area contributed by atoms with Gasteiger partial charge in [-0.1, -0.05) is 12.1 Å². The number of hydrogen-bond donors (Lipinski definition) is 4. The molecule has 0 amide bonds. The molecule has 1 aromatic carbocycles. The van der Waals surface area contributed by atoms with Gasteiger partial charge in [-0.3, -0.25) is 19.9 Å². The minimum Gasteiger partial charge on any atom is -0.354 e. The summed E-state index contributed by atoms with van der Waals surface area (Å²) in [5.74, 6) is 0.656. The van der Waals surface area contributed by atoms with Gasteiger partial charge in [0.15, 0.2) is 0 Å². The Bertz CT molecular complexity index is 1030.